The molecule has 3 aliphatic heterocycles. The number of fused-ring (bicyclic) bond motifs is 1. The molecule has 2 saturated heterocycles. The van der Waals surface area contributed by atoms with Crippen LogP contribution in [0.1, 0.15) is 82.5 Å². The first-order chi connectivity index (χ1) is 29.0. The number of piperidine rings is 2. The number of rotatable bonds is 12. The highest BCUT2D eigenvalue weighted by Crippen LogP contribution is 2.41. The number of imide groups is 1. The lowest BCUT2D eigenvalue weighted by atomic mass is 10.00. The second-order valence-corrected chi connectivity index (χ2v) is 15.9. The van der Waals surface area contributed by atoms with Crippen LogP contribution in [0.4, 0.5) is 46.1 Å². The van der Waals surface area contributed by atoms with Crippen molar-refractivity contribution >= 4 is 52.2 Å². The predicted molar refractivity (Wildman–Crippen MR) is 222 cm³/mol. The van der Waals surface area contributed by atoms with E-state index in [1.807, 2.05) is 40.0 Å². The number of pyridine rings is 1. The number of anilines is 5. The standard InChI is InChI=1S/C44H48F4N8O5/c1-24(2)61-38-20-37(25(3)16-35(38)52-39-19-34(31(21-50-39)44(46,47)48)51-33-9-7-6-8-29(33)41(58)49-4)55-14-12-28(13-15-55)54(5)22-27-17-26-23-56(43(60)30(26)18-32(27)45)36-10-11-40(57)53-42(36)59/h6-9,16-21,24,28,36H,10-15,22-23H2,1-5H3,(H,49,58)(H2,50,51,52)(H,53,57,59). The molecule has 1 aromatic heterocycles. The normalized spacial score (nSPS) is 17.2. The van der Waals surface area contributed by atoms with Gasteiger partial charge >= 0.3 is 6.18 Å². The second kappa shape index (κ2) is 17.4. The monoisotopic (exact) mass is 844 g/mol. The van der Waals surface area contributed by atoms with Gasteiger partial charge in [-0.25, -0.2) is 9.37 Å². The number of ether oxygens (including phenoxy) is 1. The SMILES string of the molecule is CNC(=O)c1ccccc1Nc1cc(Nc2cc(C)c(N3CCC(N(C)Cc4cc5c(cc4F)C(=O)N(C4CCC(=O)NC4=O)C5)CC3)cc2OC(C)C)ncc1C(F)(F)F. The molecule has 1 unspecified atom stereocenters. The van der Waals surface area contributed by atoms with Crippen LogP contribution in [0.5, 0.6) is 5.75 Å². The largest absolute Gasteiger partial charge is 0.489 e. The molecule has 0 aliphatic carbocycles. The molecular weight excluding hydrogens is 797 g/mol. The summed E-state index contributed by atoms with van der Waals surface area (Å²) >= 11 is 0. The number of amides is 4. The van der Waals surface area contributed by atoms with Crippen molar-refractivity contribution in [1.29, 1.82) is 0 Å². The molecule has 4 N–H and O–H groups in total. The molecule has 0 radical (unpaired) electrons. The fourth-order valence-corrected chi connectivity index (χ4v) is 8.23. The number of carbonyl (C=O) groups is 4. The first kappa shape index (κ1) is 42.9. The third-order valence-corrected chi connectivity index (χ3v) is 11.3. The van der Waals surface area contributed by atoms with Crippen LogP contribution in [0.15, 0.2) is 60.8 Å². The minimum atomic E-state index is -4.73. The highest BCUT2D eigenvalue weighted by Gasteiger charge is 2.40. The van der Waals surface area contributed by atoms with Crippen LogP contribution < -0.4 is 30.9 Å². The molecule has 322 valence electrons. The van der Waals surface area contributed by atoms with Crippen LogP contribution in [-0.2, 0) is 28.9 Å². The number of halogens is 4. The number of nitrogens with zero attached hydrogens (tertiary/aromatic N) is 4. The van der Waals surface area contributed by atoms with E-state index in [1.54, 1.807) is 18.2 Å². The van der Waals surface area contributed by atoms with Crippen LogP contribution in [0.3, 0.4) is 0 Å². The number of aryl methyl sites for hydroxylation is 1. The molecular formula is C44H48F4N8O5. The zero-order valence-electron chi connectivity index (χ0n) is 34.5. The first-order valence-electron chi connectivity index (χ1n) is 20.2. The van der Waals surface area contributed by atoms with E-state index in [9.17, 15) is 32.3 Å². The van der Waals surface area contributed by atoms with E-state index < -0.39 is 41.3 Å². The van der Waals surface area contributed by atoms with E-state index in [4.69, 9.17) is 4.74 Å². The van der Waals surface area contributed by atoms with Crippen LogP contribution in [0.25, 0.3) is 0 Å². The summed E-state index contributed by atoms with van der Waals surface area (Å²) in [4.78, 5) is 59.7. The highest BCUT2D eigenvalue weighted by molar-refractivity contribution is 6.05. The third-order valence-electron chi connectivity index (χ3n) is 11.3. The Balaban J connectivity index is 1.04. The van der Waals surface area contributed by atoms with E-state index in [-0.39, 0.29) is 65.8 Å². The number of hydrogen-bond acceptors (Lipinski definition) is 10. The number of benzene rings is 3. The molecule has 17 heteroatoms. The molecule has 4 aromatic rings. The van der Waals surface area contributed by atoms with Gasteiger partial charge in [0.05, 0.1) is 34.3 Å². The fourth-order valence-electron chi connectivity index (χ4n) is 8.23. The molecule has 0 saturated carbocycles. The Kier molecular flexibility index (Phi) is 12.2. The Morgan fingerprint density at radius 1 is 1.00 bits per heavy atom. The van der Waals surface area contributed by atoms with Crippen molar-refractivity contribution in [1.82, 2.24) is 25.4 Å². The van der Waals surface area contributed by atoms with E-state index in [0.717, 1.165) is 30.3 Å². The molecule has 0 bridgehead atoms. The lowest BCUT2D eigenvalue weighted by molar-refractivity contribution is -0.138. The number of para-hydroxylation sites is 1. The minimum absolute atomic E-state index is 0.121. The van der Waals surface area contributed by atoms with Gasteiger partial charge < -0.3 is 30.5 Å². The van der Waals surface area contributed by atoms with Gasteiger partial charge in [0.2, 0.25) is 11.8 Å². The maximum Gasteiger partial charge on any atom is 0.419 e. The first-order valence-corrected chi connectivity index (χ1v) is 20.2. The van der Waals surface area contributed by atoms with Gasteiger partial charge in [-0.3, -0.25) is 29.4 Å². The van der Waals surface area contributed by atoms with Gasteiger partial charge in [-0.1, -0.05) is 12.1 Å². The van der Waals surface area contributed by atoms with Gasteiger partial charge in [-0.15, -0.1) is 0 Å². The van der Waals surface area contributed by atoms with E-state index in [1.165, 1.54) is 36.2 Å². The van der Waals surface area contributed by atoms with Crippen LogP contribution in [0, 0.1) is 12.7 Å². The summed E-state index contributed by atoms with van der Waals surface area (Å²) in [5, 5.41) is 10.8. The van der Waals surface area contributed by atoms with Gasteiger partial charge in [0.15, 0.2) is 0 Å². The molecule has 1 atom stereocenters. The Labute approximate surface area is 350 Å². The summed E-state index contributed by atoms with van der Waals surface area (Å²) in [6.45, 7) is 7.58. The van der Waals surface area contributed by atoms with Crippen molar-refractivity contribution in [2.45, 2.75) is 83.9 Å². The Hall–Kier alpha value is -6.23. The zero-order chi connectivity index (χ0) is 43.7. The van der Waals surface area contributed by atoms with Crippen LogP contribution >= 0.6 is 0 Å². The number of aromatic nitrogens is 1. The van der Waals surface area contributed by atoms with Gasteiger partial charge in [-0.05, 0) is 88.5 Å². The van der Waals surface area contributed by atoms with Gasteiger partial charge in [-0.2, -0.15) is 13.2 Å². The lowest BCUT2D eigenvalue weighted by Crippen LogP contribution is -2.52. The summed E-state index contributed by atoms with van der Waals surface area (Å²) in [5.74, 6) is -1.65. The summed E-state index contributed by atoms with van der Waals surface area (Å²) < 4.78 is 64.3. The summed E-state index contributed by atoms with van der Waals surface area (Å²) in [5.41, 5.74) is 2.75. The number of alkyl halides is 3. The van der Waals surface area contributed by atoms with Crippen molar-refractivity contribution < 1.29 is 41.5 Å². The predicted octanol–water partition coefficient (Wildman–Crippen LogP) is 7.04. The molecule has 2 fully saturated rings. The maximum atomic E-state index is 15.5. The van der Waals surface area contributed by atoms with E-state index in [2.05, 4.69) is 36.1 Å². The molecule has 4 heterocycles. The topological polar surface area (TPSA) is 148 Å². The summed E-state index contributed by atoms with van der Waals surface area (Å²) in [6, 6.07) is 13.6. The Morgan fingerprint density at radius 2 is 1.74 bits per heavy atom. The molecule has 4 amide bonds. The highest BCUT2D eigenvalue weighted by atomic mass is 19.4. The average Bonchev–Trinajstić information content (AvgIpc) is 3.52. The van der Waals surface area contributed by atoms with Crippen molar-refractivity contribution in [3.05, 3.63) is 100.0 Å². The molecule has 7 rings (SSSR count). The van der Waals surface area contributed by atoms with Crippen molar-refractivity contribution in [3.8, 4) is 5.75 Å². The quantitative estimate of drug-likeness (QED) is 0.0865. The summed E-state index contributed by atoms with van der Waals surface area (Å²) in [7, 11) is 3.39. The molecule has 3 aliphatic rings. The van der Waals surface area contributed by atoms with Crippen LogP contribution in [0.2, 0.25) is 0 Å². The molecule has 61 heavy (non-hydrogen) atoms. The van der Waals surface area contributed by atoms with Gasteiger partial charge in [0, 0.05) is 80.8 Å². The van der Waals surface area contributed by atoms with E-state index in [0.29, 0.717) is 42.2 Å². The second-order valence-electron chi connectivity index (χ2n) is 15.9. The number of carbonyl (C=O) groups excluding carboxylic acids is 4. The average molecular weight is 845 g/mol. The van der Waals surface area contributed by atoms with Gasteiger partial charge in [0.1, 0.15) is 23.4 Å². The summed E-state index contributed by atoms with van der Waals surface area (Å²) in [6.07, 6.45) is -2.30. The smallest absolute Gasteiger partial charge is 0.419 e. The minimum Gasteiger partial charge on any atom is -0.489 e. The van der Waals surface area contributed by atoms with Crippen molar-refractivity contribution in [2.75, 3.05) is 42.7 Å². The van der Waals surface area contributed by atoms with Gasteiger partial charge in [0.25, 0.3) is 11.8 Å². The van der Waals surface area contributed by atoms with Crippen molar-refractivity contribution in [2.24, 2.45) is 0 Å². The zero-order valence-corrected chi connectivity index (χ0v) is 34.5. The molecule has 13 nitrogen and oxygen atoms in total. The number of hydrogen-bond donors (Lipinski definition) is 4. The van der Waals surface area contributed by atoms with Crippen LogP contribution in [-0.4, -0.2) is 83.8 Å². The maximum absolute atomic E-state index is 15.5. The Morgan fingerprint density at radius 3 is 2.43 bits per heavy atom. The Bertz CT molecular complexity index is 2360. The van der Waals surface area contributed by atoms with Crippen molar-refractivity contribution in [3.63, 3.8) is 0 Å². The third kappa shape index (κ3) is 9.26. The molecule has 3 aromatic carbocycles. The van der Waals surface area contributed by atoms with E-state index >= 15 is 4.39 Å². The number of nitrogens with one attached hydrogen (secondary N) is 4. The lowest BCUT2D eigenvalue weighted by Gasteiger charge is -2.38. The fraction of sp³-hybridized carbons (Fsp3) is 0.386. The molecule has 0 spiro atoms.